The molecule has 0 aromatic heterocycles. The summed E-state index contributed by atoms with van der Waals surface area (Å²) in [5.74, 6) is -3.16. The van der Waals surface area contributed by atoms with Crippen LogP contribution in [0.2, 0.25) is 0 Å². The normalized spacial score (nSPS) is 9.10. The van der Waals surface area contributed by atoms with Crippen LogP contribution in [-0.2, 0) is 19.2 Å². The van der Waals surface area contributed by atoms with Crippen molar-refractivity contribution in [1.29, 1.82) is 0 Å². The van der Waals surface area contributed by atoms with E-state index < -0.39 is 36.1 Å². The van der Waals surface area contributed by atoms with Crippen LogP contribution in [0.4, 0.5) is 0 Å². The van der Waals surface area contributed by atoms with Crippen molar-refractivity contribution in [1.82, 2.24) is 0 Å². The Bertz CT molecular complexity index is 471. The standard InChI is InChI=1S/C14H28O2.2C3H8O3.3C2H4O2/c1-2-3-4-5-6-7-8-9-10-11-12-13-14(15)16;2*4-1-3(6)2-5;3*1-2(3)4/h2-13H2,1H3,(H,15,16);2*3-6H,1-2H2;3*1H3,(H,3,4). The third-order valence-corrected chi connectivity index (χ3v) is 3.84. The second kappa shape index (κ2) is 46.5. The number of unbranched alkanes of at least 4 members (excludes halogenated alkanes) is 10. The molecule has 0 amide bonds. The Hall–Kier alpha value is -2.36. The molecule has 0 radical (unpaired) electrons. The molecule has 0 spiro atoms. The van der Waals surface area contributed by atoms with E-state index in [1.807, 2.05) is 0 Å². The third-order valence-electron chi connectivity index (χ3n) is 3.84. The fraction of sp³-hybridized carbons (Fsp3) is 0.846. The lowest BCUT2D eigenvalue weighted by Gasteiger charge is -2.01. The Morgan fingerprint density at radius 1 is 0.475 bits per heavy atom. The first kappa shape index (κ1) is 50.5. The highest BCUT2D eigenvalue weighted by molar-refractivity contribution is 5.66. The lowest BCUT2D eigenvalue weighted by Crippen LogP contribution is -2.15. The van der Waals surface area contributed by atoms with Crippen LogP contribution in [0.1, 0.15) is 105 Å². The van der Waals surface area contributed by atoms with Crippen molar-refractivity contribution >= 4 is 23.9 Å². The average molecular weight is 593 g/mol. The van der Waals surface area contributed by atoms with Gasteiger partial charge in [-0.1, -0.05) is 71.1 Å². The molecule has 40 heavy (non-hydrogen) atoms. The number of hydrogen-bond donors (Lipinski definition) is 10. The Balaban J connectivity index is -0.0000000994. The average Bonchev–Trinajstić information content (AvgIpc) is 2.85. The maximum Gasteiger partial charge on any atom is 0.303 e. The molecule has 0 saturated carbocycles. The van der Waals surface area contributed by atoms with Crippen LogP contribution in [0.3, 0.4) is 0 Å². The summed E-state index contributed by atoms with van der Waals surface area (Å²) in [4.78, 5) is 37.3. The van der Waals surface area contributed by atoms with E-state index in [1.165, 1.54) is 57.8 Å². The van der Waals surface area contributed by atoms with Crippen LogP contribution in [0.25, 0.3) is 0 Å². The summed E-state index contributed by atoms with van der Waals surface area (Å²) in [7, 11) is 0. The van der Waals surface area contributed by atoms with Gasteiger partial charge in [0.05, 0.1) is 26.4 Å². The Morgan fingerprint density at radius 2 is 0.675 bits per heavy atom. The minimum Gasteiger partial charge on any atom is -0.481 e. The van der Waals surface area contributed by atoms with Crippen LogP contribution in [-0.4, -0.2) is 114 Å². The molecular weight excluding hydrogens is 536 g/mol. The topological polar surface area (TPSA) is 271 Å². The predicted octanol–water partition coefficient (Wildman–Crippen LogP) is 1.71. The smallest absolute Gasteiger partial charge is 0.303 e. The van der Waals surface area contributed by atoms with E-state index in [0.717, 1.165) is 33.6 Å². The van der Waals surface area contributed by atoms with Gasteiger partial charge in [-0.3, -0.25) is 19.2 Å². The van der Waals surface area contributed by atoms with Crippen LogP contribution < -0.4 is 0 Å². The van der Waals surface area contributed by atoms with Crippen LogP contribution >= 0.6 is 0 Å². The van der Waals surface area contributed by atoms with E-state index in [9.17, 15) is 4.79 Å². The molecule has 14 heteroatoms. The van der Waals surface area contributed by atoms with E-state index in [4.69, 9.17) is 65.4 Å². The second-order valence-electron chi connectivity index (χ2n) is 8.27. The maximum absolute atomic E-state index is 10.3. The number of carboxylic acids is 4. The van der Waals surface area contributed by atoms with E-state index in [2.05, 4.69) is 6.92 Å². The molecule has 244 valence electrons. The fourth-order valence-electron chi connectivity index (χ4n) is 2.06. The number of carboxylic acid groups (broad SMARTS) is 4. The van der Waals surface area contributed by atoms with Gasteiger partial charge in [-0.2, -0.15) is 0 Å². The molecule has 0 heterocycles. The molecule has 0 aliphatic heterocycles. The number of aliphatic carboxylic acids is 4. The van der Waals surface area contributed by atoms with Gasteiger partial charge in [0, 0.05) is 27.2 Å². The second-order valence-corrected chi connectivity index (χ2v) is 8.27. The summed E-state index contributed by atoms with van der Waals surface area (Å²) in [6, 6.07) is 0. The van der Waals surface area contributed by atoms with Crippen molar-refractivity contribution < 1.29 is 70.2 Å². The zero-order valence-corrected chi connectivity index (χ0v) is 24.6. The van der Waals surface area contributed by atoms with E-state index in [0.29, 0.717) is 6.42 Å². The zero-order chi connectivity index (χ0) is 32.8. The summed E-state index contributed by atoms with van der Waals surface area (Å²) < 4.78 is 0. The van der Waals surface area contributed by atoms with Gasteiger partial charge in [0.25, 0.3) is 17.9 Å². The summed E-state index contributed by atoms with van der Waals surface area (Å²) in [6.07, 6.45) is 12.5. The van der Waals surface area contributed by atoms with E-state index in [1.54, 1.807) is 0 Å². The van der Waals surface area contributed by atoms with Crippen molar-refractivity contribution in [2.24, 2.45) is 0 Å². The van der Waals surface area contributed by atoms with Gasteiger partial charge in [-0.05, 0) is 6.42 Å². The summed E-state index contributed by atoms with van der Waals surface area (Å²) in [6.45, 7) is 4.04. The summed E-state index contributed by atoms with van der Waals surface area (Å²) >= 11 is 0. The predicted molar refractivity (Wildman–Crippen MR) is 149 cm³/mol. The van der Waals surface area contributed by atoms with Crippen LogP contribution in [0.5, 0.6) is 0 Å². The van der Waals surface area contributed by atoms with Crippen molar-refractivity contribution in [2.75, 3.05) is 26.4 Å². The minimum atomic E-state index is -0.954. The van der Waals surface area contributed by atoms with E-state index in [-0.39, 0.29) is 26.4 Å². The molecular formula is C26H56O14. The number of carbonyl (C=O) groups is 4. The number of hydrogen-bond acceptors (Lipinski definition) is 10. The Morgan fingerprint density at radius 3 is 0.825 bits per heavy atom. The first-order valence-corrected chi connectivity index (χ1v) is 13.2. The van der Waals surface area contributed by atoms with Gasteiger partial charge in [0.1, 0.15) is 12.2 Å². The first-order valence-electron chi connectivity index (χ1n) is 13.2. The molecule has 0 aliphatic rings. The van der Waals surface area contributed by atoms with Crippen molar-refractivity contribution in [3.8, 4) is 0 Å². The number of rotatable bonds is 16. The van der Waals surface area contributed by atoms with Gasteiger partial charge >= 0.3 is 5.97 Å². The summed E-state index contributed by atoms with van der Waals surface area (Å²) in [5, 5.41) is 78.7. The SMILES string of the molecule is CC(=O)O.CC(=O)O.CC(=O)O.CCCCCCCCCCCCCC(=O)O.OCC(O)CO.OCC(O)CO. The molecule has 0 rings (SSSR count). The molecule has 0 aromatic carbocycles. The number of aliphatic hydroxyl groups excluding tert-OH is 6. The van der Waals surface area contributed by atoms with Gasteiger partial charge in [0.15, 0.2) is 0 Å². The summed E-state index contributed by atoms with van der Waals surface area (Å²) in [5.41, 5.74) is 0. The zero-order valence-electron chi connectivity index (χ0n) is 24.6. The van der Waals surface area contributed by atoms with Crippen molar-refractivity contribution in [2.45, 2.75) is 117 Å². The first-order chi connectivity index (χ1) is 18.6. The molecule has 0 unspecified atom stereocenters. The van der Waals surface area contributed by atoms with Gasteiger partial charge in [-0.15, -0.1) is 0 Å². The van der Waals surface area contributed by atoms with Gasteiger partial charge in [-0.25, -0.2) is 0 Å². The molecule has 14 nitrogen and oxygen atoms in total. The van der Waals surface area contributed by atoms with Gasteiger partial charge in [0.2, 0.25) is 0 Å². The molecule has 0 fully saturated rings. The van der Waals surface area contributed by atoms with Crippen LogP contribution in [0.15, 0.2) is 0 Å². The van der Waals surface area contributed by atoms with Gasteiger partial charge < -0.3 is 51.1 Å². The molecule has 0 bridgehead atoms. The number of aliphatic hydroxyl groups is 6. The largest absolute Gasteiger partial charge is 0.481 e. The molecule has 0 atom stereocenters. The molecule has 10 N–H and O–H groups in total. The lowest BCUT2D eigenvalue weighted by atomic mass is 10.1. The molecule has 0 aromatic rings. The maximum atomic E-state index is 10.3. The highest BCUT2D eigenvalue weighted by Crippen LogP contribution is 2.11. The highest BCUT2D eigenvalue weighted by Gasteiger charge is 1.97. The Labute approximate surface area is 237 Å². The van der Waals surface area contributed by atoms with E-state index >= 15 is 0 Å². The minimum absolute atomic E-state index is 0.344. The van der Waals surface area contributed by atoms with Crippen molar-refractivity contribution in [3.05, 3.63) is 0 Å². The lowest BCUT2D eigenvalue weighted by molar-refractivity contribution is -0.137. The Kier molecular flexibility index (Phi) is 58.7. The van der Waals surface area contributed by atoms with Crippen molar-refractivity contribution in [3.63, 3.8) is 0 Å². The molecule has 0 saturated heterocycles. The molecule has 0 aliphatic carbocycles. The van der Waals surface area contributed by atoms with Crippen LogP contribution in [0, 0.1) is 0 Å². The fourth-order valence-corrected chi connectivity index (χ4v) is 2.06. The highest BCUT2D eigenvalue weighted by atomic mass is 16.4. The third kappa shape index (κ3) is 123. The quantitative estimate of drug-likeness (QED) is 0.114. The monoisotopic (exact) mass is 592 g/mol.